The van der Waals surface area contributed by atoms with Gasteiger partial charge in [0.15, 0.2) is 18.0 Å². The Morgan fingerprint density at radius 2 is 0.932 bits per heavy atom. The lowest BCUT2D eigenvalue weighted by Crippen LogP contribution is -2.57. The second-order valence-corrected chi connectivity index (χ2v) is 17.3. The Balaban J connectivity index is 0.000000259. The molecule has 0 bridgehead atoms. The van der Waals surface area contributed by atoms with Gasteiger partial charge in [0.25, 0.3) is 0 Å². The van der Waals surface area contributed by atoms with Gasteiger partial charge in [0.1, 0.15) is 18.3 Å². The Morgan fingerprint density at radius 1 is 0.534 bits per heavy atom. The fraction of sp³-hybridized carbons (Fsp3) is 0.276. The van der Waals surface area contributed by atoms with E-state index in [-0.39, 0.29) is 42.9 Å². The number of hydrogen-bond donors (Lipinski definition) is 1. The van der Waals surface area contributed by atoms with Gasteiger partial charge in [0.05, 0.1) is 61.8 Å². The Labute approximate surface area is 424 Å². The summed E-state index contributed by atoms with van der Waals surface area (Å²) in [4.78, 5) is 76.7. The zero-order valence-corrected chi connectivity index (χ0v) is 40.5. The van der Waals surface area contributed by atoms with Crippen LogP contribution in [0.3, 0.4) is 0 Å². The number of rotatable bonds is 17. The van der Waals surface area contributed by atoms with Gasteiger partial charge in [-0.2, -0.15) is 0 Å². The Hall–Kier alpha value is -7.82. The number of hydrogen-bond acceptors (Lipinski definition) is 14. The van der Waals surface area contributed by atoms with E-state index in [0.717, 1.165) is 5.56 Å². The molecule has 8 rings (SSSR count). The van der Waals surface area contributed by atoms with Crippen molar-refractivity contribution in [2.45, 2.75) is 62.9 Å². The molecule has 6 atom stereocenters. The highest BCUT2D eigenvalue weighted by Gasteiger charge is 2.45. The summed E-state index contributed by atoms with van der Waals surface area (Å²) < 4.78 is 39.9. The molecule has 6 aromatic rings. The van der Waals surface area contributed by atoms with Crippen molar-refractivity contribution in [2.75, 3.05) is 26.9 Å². The van der Waals surface area contributed by atoms with Gasteiger partial charge in [-0.15, -0.1) is 0 Å². The van der Waals surface area contributed by atoms with Crippen LogP contribution in [0.5, 0.6) is 0 Å². The predicted octanol–water partition coefficient (Wildman–Crippen LogP) is 7.73. The highest BCUT2D eigenvalue weighted by atomic mass is 16.6. The summed E-state index contributed by atoms with van der Waals surface area (Å²) in [5.74, 6) is -3.30. The van der Waals surface area contributed by atoms with Gasteiger partial charge in [0, 0.05) is 17.4 Å². The minimum atomic E-state index is -0.797. The molecule has 1 heterocycles. The first kappa shape index (κ1) is 54.5. The van der Waals surface area contributed by atoms with E-state index >= 15 is 0 Å². The standard InChI is InChI=1S/C36H33NO7.C22H24O6.H2O/c38-30(26-13-5-1-6-14-26)23-37-33-31(43-35(40)28-17-9-3-10-18-28)21-25(24-42-34(39)27-15-7-2-8-16-27)22-32(33)44-36(41)29-19-11-4-12-20-29;1-15-19(26-13-16-9-5-3-6-10-16)18(14-27-20(15)22(24)25-2)28-21(23)17-11-7-4-8-12-17;/h1-20,25,31-33,37H,21-24H2;3-12,15,18-20H,13-14H2,1-2H3;1H2. The van der Waals surface area contributed by atoms with Gasteiger partial charge in [-0.3, -0.25) is 4.79 Å². The molecule has 6 aromatic carbocycles. The van der Waals surface area contributed by atoms with Crippen molar-refractivity contribution < 1.29 is 67.4 Å². The third-order valence-corrected chi connectivity index (χ3v) is 12.3. The number of Topliss-reactive ketones (excluding diaryl/α,β-unsaturated/α-hetero) is 1. The van der Waals surface area contributed by atoms with Crippen LogP contribution in [-0.4, -0.2) is 105 Å². The smallest absolute Gasteiger partial charge is 0.338 e. The SMILES string of the molecule is COC(=O)C1OCC(OC(=O)c2ccccc2)C(OCc2ccccc2)C1C.O.O=C(CNC1C(OC(=O)c2ccccc2)CC(COC(=O)c2ccccc2)CC1OC(=O)c1ccccc1)c1ccccc1. The fourth-order valence-electron chi connectivity index (χ4n) is 8.54. The molecule has 0 radical (unpaired) electrons. The lowest BCUT2D eigenvalue weighted by molar-refractivity contribution is -0.197. The number of nitrogens with one attached hydrogen (secondary N) is 1. The van der Waals surface area contributed by atoms with Gasteiger partial charge >= 0.3 is 29.8 Å². The van der Waals surface area contributed by atoms with Crippen molar-refractivity contribution >= 4 is 35.6 Å². The highest BCUT2D eigenvalue weighted by molar-refractivity contribution is 5.97. The van der Waals surface area contributed by atoms with Crippen LogP contribution < -0.4 is 5.32 Å². The van der Waals surface area contributed by atoms with Gasteiger partial charge in [0.2, 0.25) is 0 Å². The van der Waals surface area contributed by atoms with E-state index < -0.39 is 66.4 Å². The molecule has 0 aromatic heterocycles. The largest absolute Gasteiger partial charge is 0.467 e. The van der Waals surface area contributed by atoms with Crippen molar-refractivity contribution in [1.29, 1.82) is 0 Å². The second kappa shape index (κ2) is 27.7. The van der Waals surface area contributed by atoms with E-state index in [4.69, 9.17) is 33.2 Å². The van der Waals surface area contributed by atoms with Crippen molar-refractivity contribution in [3.8, 4) is 0 Å². The summed E-state index contributed by atoms with van der Waals surface area (Å²) in [6.07, 6.45) is -2.87. The number of ketones is 1. The minimum absolute atomic E-state index is 0. The minimum Gasteiger partial charge on any atom is -0.467 e. The topological polar surface area (TPSA) is 211 Å². The molecule has 1 aliphatic heterocycles. The third kappa shape index (κ3) is 15.6. The van der Waals surface area contributed by atoms with E-state index in [1.165, 1.54) is 7.11 Å². The summed E-state index contributed by atoms with van der Waals surface area (Å²) in [7, 11) is 1.32. The molecule has 15 heteroatoms. The van der Waals surface area contributed by atoms with Gasteiger partial charge < -0.3 is 44.0 Å². The fourth-order valence-corrected chi connectivity index (χ4v) is 8.54. The number of methoxy groups -OCH3 is 1. The molecule has 3 N–H and O–H groups in total. The van der Waals surface area contributed by atoms with Crippen LogP contribution in [0.4, 0.5) is 0 Å². The summed E-state index contributed by atoms with van der Waals surface area (Å²) in [5.41, 5.74) is 3.11. The van der Waals surface area contributed by atoms with Gasteiger partial charge in [-0.25, -0.2) is 24.0 Å². The van der Waals surface area contributed by atoms with Crippen LogP contribution in [0.1, 0.15) is 77.1 Å². The normalized spacial score (nSPS) is 21.0. The van der Waals surface area contributed by atoms with Gasteiger partial charge in [-0.05, 0) is 66.9 Å². The van der Waals surface area contributed by atoms with E-state index in [0.29, 0.717) is 47.3 Å². The predicted molar refractivity (Wildman–Crippen MR) is 269 cm³/mol. The van der Waals surface area contributed by atoms with Crippen LogP contribution in [0, 0.1) is 11.8 Å². The molecule has 380 valence electrons. The third-order valence-electron chi connectivity index (χ3n) is 12.3. The summed E-state index contributed by atoms with van der Waals surface area (Å²) in [6.45, 7) is 2.19. The van der Waals surface area contributed by atoms with Crippen molar-refractivity contribution in [3.63, 3.8) is 0 Å². The number of benzene rings is 6. The number of carbonyl (C=O) groups excluding carboxylic acids is 6. The first-order valence-electron chi connectivity index (χ1n) is 23.7. The summed E-state index contributed by atoms with van der Waals surface area (Å²) in [5, 5.41) is 3.23. The van der Waals surface area contributed by atoms with Crippen LogP contribution in [-0.2, 0) is 44.6 Å². The zero-order chi connectivity index (χ0) is 50.7. The lowest BCUT2D eigenvalue weighted by Gasteiger charge is -2.41. The monoisotopic (exact) mass is 993 g/mol. The first-order valence-corrected chi connectivity index (χ1v) is 23.7. The van der Waals surface area contributed by atoms with Crippen LogP contribution in [0.25, 0.3) is 0 Å². The Morgan fingerprint density at radius 3 is 1.37 bits per heavy atom. The van der Waals surface area contributed by atoms with E-state index in [1.807, 2.05) is 55.5 Å². The number of esters is 5. The van der Waals surface area contributed by atoms with Crippen LogP contribution in [0.15, 0.2) is 182 Å². The number of ether oxygens (including phenoxy) is 7. The molecule has 15 nitrogen and oxygen atoms in total. The van der Waals surface area contributed by atoms with Crippen molar-refractivity contribution in [1.82, 2.24) is 5.32 Å². The lowest BCUT2D eigenvalue weighted by atomic mass is 9.81. The Bertz CT molecular complexity index is 2610. The molecular weight excluding hydrogens is 935 g/mol. The van der Waals surface area contributed by atoms with E-state index in [2.05, 4.69) is 5.32 Å². The molecule has 1 aliphatic carbocycles. The first-order chi connectivity index (χ1) is 35.1. The molecule has 0 spiro atoms. The molecular formula is C58H59NO14. The molecule has 0 amide bonds. The maximum absolute atomic E-state index is 13.2. The molecule has 73 heavy (non-hydrogen) atoms. The van der Waals surface area contributed by atoms with Crippen LogP contribution >= 0.6 is 0 Å². The average Bonchev–Trinajstić information content (AvgIpc) is 3.43. The molecule has 2 aliphatic rings. The van der Waals surface area contributed by atoms with E-state index in [1.54, 1.807) is 133 Å². The maximum Gasteiger partial charge on any atom is 0.338 e. The van der Waals surface area contributed by atoms with E-state index in [9.17, 15) is 28.8 Å². The van der Waals surface area contributed by atoms with Crippen molar-refractivity contribution in [2.24, 2.45) is 11.8 Å². The Kier molecular flexibility index (Phi) is 20.7. The van der Waals surface area contributed by atoms with Crippen LogP contribution in [0.2, 0.25) is 0 Å². The molecule has 1 saturated heterocycles. The maximum atomic E-state index is 13.2. The zero-order valence-electron chi connectivity index (χ0n) is 40.5. The quantitative estimate of drug-likeness (QED) is 0.0527. The highest BCUT2D eigenvalue weighted by Crippen LogP contribution is 2.32. The average molecular weight is 994 g/mol. The van der Waals surface area contributed by atoms with Crippen molar-refractivity contribution in [3.05, 3.63) is 215 Å². The molecule has 2 fully saturated rings. The second-order valence-electron chi connectivity index (χ2n) is 17.3. The molecule has 6 unspecified atom stereocenters. The van der Waals surface area contributed by atoms with Gasteiger partial charge in [-0.1, -0.05) is 140 Å². The summed E-state index contributed by atoms with van der Waals surface area (Å²) >= 11 is 0. The molecule has 1 saturated carbocycles. The number of carbonyl (C=O) groups is 6. The summed E-state index contributed by atoms with van der Waals surface area (Å²) in [6, 6.07) is 52.4.